The molecule has 0 aromatic rings. The summed E-state index contributed by atoms with van der Waals surface area (Å²) >= 11 is 0. The van der Waals surface area contributed by atoms with Gasteiger partial charge in [0, 0.05) is 46.1 Å². The van der Waals surface area contributed by atoms with Crippen LogP contribution >= 0.6 is 0 Å². The van der Waals surface area contributed by atoms with Gasteiger partial charge < -0.3 is 19.6 Å². The molecule has 0 rings (SSSR count). The third-order valence-corrected chi connectivity index (χ3v) is 4.62. The summed E-state index contributed by atoms with van der Waals surface area (Å²) < 4.78 is 0. The highest BCUT2D eigenvalue weighted by molar-refractivity contribution is 5.90. The summed E-state index contributed by atoms with van der Waals surface area (Å²) in [5.74, 6) is -0.923. The van der Waals surface area contributed by atoms with E-state index in [0.29, 0.717) is 19.0 Å². The van der Waals surface area contributed by atoms with Gasteiger partial charge in [0.2, 0.25) is 17.7 Å². The highest BCUT2D eigenvalue weighted by Crippen LogP contribution is 2.01. The van der Waals surface area contributed by atoms with Gasteiger partial charge in [0.25, 0.3) is 0 Å². The van der Waals surface area contributed by atoms with Gasteiger partial charge in [-0.25, -0.2) is 0 Å². The molecular weight excluding hydrogens is 348 g/mol. The van der Waals surface area contributed by atoms with Crippen molar-refractivity contribution in [1.29, 1.82) is 0 Å². The number of amides is 3. The summed E-state index contributed by atoms with van der Waals surface area (Å²) in [6, 6.07) is 0.349. The fraction of sp³-hybridized carbons (Fsp3) is 0.789. The third kappa shape index (κ3) is 9.51. The minimum atomic E-state index is -0.319. The average Bonchev–Trinajstić information content (AvgIpc) is 2.58. The van der Waals surface area contributed by atoms with E-state index in [2.05, 4.69) is 18.7 Å². The molecule has 0 aromatic heterocycles. The topological polar surface area (TPSA) is 81.2 Å². The van der Waals surface area contributed by atoms with Crippen LogP contribution in [-0.2, 0) is 19.2 Å². The Morgan fingerprint density at radius 1 is 0.667 bits per heavy atom. The van der Waals surface area contributed by atoms with E-state index in [-0.39, 0.29) is 49.1 Å². The summed E-state index contributed by atoms with van der Waals surface area (Å²) in [4.78, 5) is 54.4. The summed E-state index contributed by atoms with van der Waals surface area (Å²) in [6.45, 7) is 8.11. The van der Waals surface area contributed by atoms with Crippen LogP contribution < -0.4 is 0 Å². The maximum Gasteiger partial charge on any atom is 0.242 e. The zero-order valence-electron chi connectivity index (χ0n) is 18.1. The van der Waals surface area contributed by atoms with Crippen LogP contribution in [-0.4, -0.2) is 104 Å². The normalized spacial score (nSPS) is 11.1. The summed E-state index contributed by atoms with van der Waals surface area (Å²) in [6.07, 6.45) is 0.334. The highest BCUT2D eigenvalue weighted by atomic mass is 16.2. The third-order valence-electron chi connectivity index (χ3n) is 4.62. The van der Waals surface area contributed by atoms with Crippen molar-refractivity contribution in [2.24, 2.45) is 5.92 Å². The van der Waals surface area contributed by atoms with E-state index in [4.69, 9.17) is 0 Å². The van der Waals surface area contributed by atoms with Crippen LogP contribution in [0.15, 0.2) is 0 Å². The number of nitrogens with zero attached hydrogens (tertiary/aromatic N) is 4. The molecular formula is C19H36N4O4. The Labute approximate surface area is 163 Å². The quantitative estimate of drug-likeness (QED) is 0.512. The van der Waals surface area contributed by atoms with Crippen LogP contribution in [0.25, 0.3) is 0 Å². The van der Waals surface area contributed by atoms with Crippen LogP contribution in [0.4, 0.5) is 0 Å². The maximum absolute atomic E-state index is 12.3. The largest absolute Gasteiger partial charge is 0.337 e. The molecule has 0 saturated heterocycles. The van der Waals surface area contributed by atoms with Crippen molar-refractivity contribution >= 4 is 23.5 Å². The molecule has 3 amide bonds. The molecule has 0 saturated carbocycles. The Bertz CT molecular complexity index is 534. The lowest BCUT2D eigenvalue weighted by Crippen LogP contribution is -2.45. The Morgan fingerprint density at radius 2 is 1.07 bits per heavy atom. The van der Waals surface area contributed by atoms with Gasteiger partial charge in [-0.15, -0.1) is 0 Å². The Balaban J connectivity index is 4.45. The van der Waals surface area contributed by atoms with E-state index in [0.717, 1.165) is 0 Å². The van der Waals surface area contributed by atoms with Crippen LogP contribution in [0, 0.1) is 5.92 Å². The fourth-order valence-electron chi connectivity index (χ4n) is 2.05. The zero-order valence-corrected chi connectivity index (χ0v) is 18.1. The standard InChI is InChI=1S/C19H36N4O4/c1-14(2)16(24)11-21(6)18(26)13-23(8)19(27)12-22(7)17(25)9-10-20(5)15(3)4/h14-15H,9-13H2,1-8H3. The first-order valence-corrected chi connectivity index (χ1v) is 9.31. The maximum atomic E-state index is 12.3. The summed E-state index contributed by atoms with van der Waals surface area (Å²) in [5, 5.41) is 0. The van der Waals surface area contributed by atoms with Crippen molar-refractivity contribution in [1.82, 2.24) is 19.6 Å². The summed E-state index contributed by atoms with van der Waals surface area (Å²) in [5.41, 5.74) is 0. The number of rotatable bonds is 11. The molecule has 0 heterocycles. The predicted octanol–water partition coefficient (Wildman–Crippen LogP) is 0.317. The molecule has 0 spiro atoms. The minimum Gasteiger partial charge on any atom is -0.337 e. The van der Waals surface area contributed by atoms with Gasteiger partial charge >= 0.3 is 0 Å². The van der Waals surface area contributed by atoms with E-state index >= 15 is 0 Å². The van der Waals surface area contributed by atoms with Gasteiger partial charge in [0.1, 0.15) is 0 Å². The molecule has 0 aliphatic rings. The molecule has 0 fully saturated rings. The first kappa shape index (κ1) is 25.0. The van der Waals surface area contributed by atoms with Crippen molar-refractivity contribution in [3.05, 3.63) is 0 Å². The van der Waals surface area contributed by atoms with E-state index in [1.807, 2.05) is 7.05 Å². The molecule has 156 valence electrons. The minimum absolute atomic E-state index is 0.0281. The number of carbonyl (C=O) groups excluding carboxylic acids is 4. The van der Waals surface area contributed by atoms with Crippen LogP contribution in [0.5, 0.6) is 0 Å². The van der Waals surface area contributed by atoms with Crippen LogP contribution in [0.3, 0.4) is 0 Å². The highest BCUT2D eigenvalue weighted by Gasteiger charge is 2.21. The van der Waals surface area contributed by atoms with E-state index in [1.165, 1.54) is 21.7 Å². The molecule has 0 aliphatic heterocycles. The number of hydrogen-bond acceptors (Lipinski definition) is 5. The monoisotopic (exact) mass is 384 g/mol. The van der Waals surface area contributed by atoms with Crippen molar-refractivity contribution < 1.29 is 19.2 Å². The van der Waals surface area contributed by atoms with Crippen molar-refractivity contribution in [2.75, 3.05) is 54.4 Å². The number of likely N-dealkylation sites (N-methyl/N-ethyl adjacent to an activating group) is 3. The predicted molar refractivity (Wildman–Crippen MR) is 105 cm³/mol. The fourth-order valence-corrected chi connectivity index (χ4v) is 2.05. The van der Waals surface area contributed by atoms with Crippen LogP contribution in [0.1, 0.15) is 34.1 Å². The van der Waals surface area contributed by atoms with Gasteiger partial charge in [-0.05, 0) is 20.9 Å². The molecule has 0 unspecified atom stereocenters. The lowest BCUT2D eigenvalue weighted by Gasteiger charge is -2.25. The van der Waals surface area contributed by atoms with Crippen molar-refractivity contribution in [3.8, 4) is 0 Å². The smallest absolute Gasteiger partial charge is 0.242 e. The van der Waals surface area contributed by atoms with Crippen LogP contribution in [0.2, 0.25) is 0 Å². The Hall–Kier alpha value is -1.96. The number of Topliss-reactive ketones (excluding diaryl/α,β-unsaturated/α-hetero) is 1. The SMILES string of the molecule is CC(C)C(=O)CN(C)C(=O)CN(C)C(=O)CN(C)C(=O)CCN(C)C(C)C. The first-order chi connectivity index (χ1) is 12.4. The summed E-state index contributed by atoms with van der Waals surface area (Å²) in [7, 11) is 6.59. The molecule has 0 atom stereocenters. The molecule has 0 bridgehead atoms. The average molecular weight is 385 g/mol. The second-order valence-electron chi connectivity index (χ2n) is 7.69. The number of carbonyl (C=O) groups is 4. The van der Waals surface area contributed by atoms with Crippen molar-refractivity contribution in [2.45, 2.75) is 40.2 Å². The number of ketones is 1. The number of hydrogen-bond donors (Lipinski definition) is 0. The molecule has 0 N–H and O–H groups in total. The van der Waals surface area contributed by atoms with Gasteiger partial charge in [-0.2, -0.15) is 0 Å². The molecule has 0 aliphatic carbocycles. The lowest BCUT2D eigenvalue weighted by atomic mass is 10.1. The van der Waals surface area contributed by atoms with Crippen molar-refractivity contribution in [3.63, 3.8) is 0 Å². The van der Waals surface area contributed by atoms with E-state index in [9.17, 15) is 19.2 Å². The van der Waals surface area contributed by atoms with E-state index in [1.54, 1.807) is 27.9 Å². The second-order valence-corrected chi connectivity index (χ2v) is 7.69. The second kappa shape index (κ2) is 11.7. The lowest BCUT2D eigenvalue weighted by molar-refractivity contribution is -0.143. The van der Waals surface area contributed by atoms with Gasteiger partial charge in [0.15, 0.2) is 5.78 Å². The molecule has 0 aromatic carbocycles. The zero-order chi connectivity index (χ0) is 21.3. The molecule has 8 heteroatoms. The Morgan fingerprint density at radius 3 is 1.48 bits per heavy atom. The van der Waals surface area contributed by atoms with E-state index < -0.39 is 0 Å². The van der Waals surface area contributed by atoms with Gasteiger partial charge in [-0.3, -0.25) is 19.2 Å². The Kier molecular flexibility index (Phi) is 10.8. The van der Waals surface area contributed by atoms with Gasteiger partial charge in [0.05, 0.1) is 19.6 Å². The molecule has 0 radical (unpaired) electrons. The first-order valence-electron chi connectivity index (χ1n) is 9.31. The van der Waals surface area contributed by atoms with Gasteiger partial charge in [-0.1, -0.05) is 13.8 Å². The molecule has 27 heavy (non-hydrogen) atoms. The molecule has 8 nitrogen and oxygen atoms in total.